The molecule has 0 bridgehead atoms. The van der Waals surface area contributed by atoms with Gasteiger partial charge in [0.05, 0.1) is 12.3 Å². The normalized spacial score (nSPS) is 11.0. The van der Waals surface area contributed by atoms with Crippen LogP contribution in [0.15, 0.2) is 51.6 Å². The highest BCUT2D eigenvalue weighted by Gasteiger charge is 2.13. The van der Waals surface area contributed by atoms with Gasteiger partial charge in [0, 0.05) is 27.6 Å². The molecule has 0 aliphatic heterocycles. The first-order valence-electron chi connectivity index (χ1n) is 8.28. The summed E-state index contributed by atoms with van der Waals surface area (Å²) in [5, 5.41) is 16.4. The van der Waals surface area contributed by atoms with E-state index < -0.39 is 0 Å². The summed E-state index contributed by atoms with van der Waals surface area (Å²) in [4.78, 5) is 4.68. The van der Waals surface area contributed by atoms with Gasteiger partial charge in [-0.1, -0.05) is 11.8 Å². The van der Waals surface area contributed by atoms with Crippen LogP contribution < -0.4 is 10.6 Å². The fourth-order valence-corrected chi connectivity index (χ4v) is 4.86. The molecule has 0 saturated carbocycles. The minimum absolute atomic E-state index is 0.623. The van der Waals surface area contributed by atoms with Gasteiger partial charge in [-0.25, -0.2) is 9.66 Å². The molecule has 2 N–H and O–H groups in total. The maximum Gasteiger partial charge on any atom is 0.210 e. The number of benzene rings is 1. The lowest BCUT2D eigenvalue weighted by atomic mass is 10.2. The summed E-state index contributed by atoms with van der Waals surface area (Å²) in [6.45, 7) is 2.59. The van der Waals surface area contributed by atoms with E-state index in [0.717, 1.165) is 22.0 Å². The van der Waals surface area contributed by atoms with E-state index in [1.807, 2.05) is 31.2 Å². The van der Waals surface area contributed by atoms with E-state index in [1.165, 1.54) is 22.0 Å². The summed E-state index contributed by atoms with van der Waals surface area (Å²) >= 11 is 4.85. The molecule has 0 saturated heterocycles. The number of thioether (sulfide) groups is 1. The Balaban J connectivity index is 1.45. The van der Waals surface area contributed by atoms with Gasteiger partial charge in [-0.3, -0.25) is 0 Å². The molecule has 0 fully saturated rings. The van der Waals surface area contributed by atoms with Crippen LogP contribution in [0.1, 0.15) is 12.6 Å². The first-order chi connectivity index (χ1) is 13.2. The molecule has 0 unspecified atom stereocenters. The Hall–Kier alpha value is -2.36. The third kappa shape index (κ3) is 4.00. The maximum absolute atomic E-state index is 6.20. The summed E-state index contributed by atoms with van der Waals surface area (Å²) < 4.78 is 6.99. The van der Waals surface area contributed by atoms with Crippen molar-refractivity contribution in [1.29, 1.82) is 0 Å². The van der Waals surface area contributed by atoms with E-state index >= 15 is 0 Å². The Kier molecular flexibility index (Phi) is 5.42. The predicted octanol–water partition coefficient (Wildman–Crippen LogP) is 4.53. The van der Waals surface area contributed by atoms with Gasteiger partial charge in [-0.2, -0.15) is 11.3 Å². The second-order valence-electron chi connectivity index (χ2n) is 5.58. The average Bonchev–Trinajstić information content (AvgIpc) is 3.42. The van der Waals surface area contributed by atoms with Crippen molar-refractivity contribution in [3.8, 4) is 27.7 Å². The molecule has 4 rings (SSSR count). The molecule has 1 aromatic carbocycles. The molecular formula is C18H17N5OS3. The zero-order valence-corrected chi connectivity index (χ0v) is 17.0. The van der Waals surface area contributed by atoms with Crippen LogP contribution in [-0.2, 0) is 5.75 Å². The van der Waals surface area contributed by atoms with E-state index in [2.05, 4.69) is 37.4 Å². The van der Waals surface area contributed by atoms with Crippen LogP contribution in [0.5, 0.6) is 5.75 Å². The second-order valence-corrected chi connectivity index (χ2v) is 8.16. The number of thiophene rings is 1. The fraction of sp³-hybridized carbons (Fsp3) is 0.167. The predicted molar refractivity (Wildman–Crippen MR) is 112 cm³/mol. The van der Waals surface area contributed by atoms with Gasteiger partial charge in [0.15, 0.2) is 5.82 Å². The highest BCUT2D eigenvalue weighted by Crippen LogP contribution is 2.29. The van der Waals surface area contributed by atoms with Crippen LogP contribution in [0.4, 0.5) is 0 Å². The van der Waals surface area contributed by atoms with E-state index in [4.69, 9.17) is 10.6 Å². The molecule has 0 aliphatic carbocycles. The molecule has 0 aliphatic rings. The molecular weight excluding hydrogens is 398 g/mol. The Bertz CT molecular complexity index is 1010. The van der Waals surface area contributed by atoms with Crippen LogP contribution in [-0.4, -0.2) is 26.5 Å². The number of aromatic nitrogens is 4. The molecule has 138 valence electrons. The van der Waals surface area contributed by atoms with Crippen molar-refractivity contribution in [2.75, 3.05) is 12.4 Å². The van der Waals surface area contributed by atoms with Crippen molar-refractivity contribution in [1.82, 2.24) is 19.9 Å². The monoisotopic (exact) mass is 415 g/mol. The van der Waals surface area contributed by atoms with Crippen molar-refractivity contribution < 1.29 is 4.74 Å². The lowest BCUT2D eigenvalue weighted by molar-refractivity contribution is 0.340. The lowest BCUT2D eigenvalue weighted by Gasteiger charge is -2.05. The van der Waals surface area contributed by atoms with Gasteiger partial charge < -0.3 is 10.6 Å². The zero-order chi connectivity index (χ0) is 18.6. The van der Waals surface area contributed by atoms with Gasteiger partial charge in [-0.05, 0) is 42.6 Å². The SMILES string of the molecule is CCOc1ccc(-c2nnc(SCc3csc(-c4ccsc4)n3)n2N)cc1. The van der Waals surface area contributed by atoms with Gasteiger partial charge in [0.2, 0.25) is 5.16 Å². The summed E-state index contributed by atoms with van der Waals surface area (Å²) in [5.41, 5.74) is 3.08. The Morgan fingerprint density at radius 1 is 1.11 bits per heavy atom. The van der Waals surface area contributed by atoms with Crippen LogP contribution in [0, 0.1) is 0 Å². The third-order valence-electron chi connectivity index (χ3n) is 3.76. The first-order valence-corrected chi connectivity index (χ1v) is 11.1. The second kappa shape index (κ2) is 8.12. The minimum Gasteiger partial charge on any atom is -0.494 e. The number of nitrogen functional groups attached to an aromatic ring is 1. The summed E-state index contributed by atoms with van der Waals surface area (Å²) in [6.07, 6.45) is 0. The van der Waals surface area contributed by atoms with Gasteiger partial charge in [0.1, 0.15) is 10.8 Å². The van der Waals surface area contributed by atoms with Gasteiger partial charge in [0.25, 0.3) is 0 Å². The summed E-state index contributed by atoms with van der Waals surface area (Å²) in [5.74, 6) is 8.34. The summed E-state index contributed by atoms with van der Waals surface area (Å²) in [6, 6.07) is 9.75. The van der Waals surface area contributed by atoms with E-state index in [0.29, 0.717) is 23.3 Å². The molecule has 0 amide bonds. The number of nitrogens with zero attached hydrogens (tertiary/aromatic N) is 4. The van der Waals surface area contributed by atoms with E-state index in [1.54, 1.807) is 22.7 Å². The minimum atomic E-state index is 0.623. The van der Waals surface area contributed by atoms with Crippen molar-refractivity contribution in [2.24, 2.45) is 0 Å². The Labute approximate surface area is 169 Å². The van der Waals surface area contributed by atoms with Crippen LogP contribution in [0.3, 0.4) is 0 Å². The van der Waals surface area contributed by atoms with Crippen LogP contribution >= 0.6 is 34.4 Å². The van der Waals surface area contributed by atoms with E-state index in [-0.39, 0.29) is 0 Å². The number of hydrogen-bond acceptors (Lipinski definition) is 8. The van der Waals surface area contributed by atoms with Crippen LogP contribution in [0.2, 0.25) is 0 Å². The number of rotatable bonds is 7. The highest BCUT2D eigenvalue weighted by molar-refractivity contribution is 7.98. The largest absolute Gasteiger partial charge is 0.494 e. The molecule has 4 aromatic rings. The van der Waals surface area contributed by atoms with Crippen molar-refractivity contribution in [3.63, 3.8) is 0 Å². The third-order valence-corrected chi connectivity index (χ3v) is 6.36. The van der Waals surface area contributed by atoms with Crippen molar-refractivity contribution >= 4 is 34.4 Å². The number of hydrogen-bond donors (Lipinski definition) is 1. The maximum atomic E-state index is 6.20. The zero-order valence-electron chi connectivity index (χ0n) is 14.5. The first kappa shape index (κ1) is 18.0. The molecule has 9 heteroatoms. The molecule has 6 nitrogen and oxygen atoms in total. The summed E-state index contributed by atoms with van der Waals surface area (Å²) in [7, 11) is 0. The standard InChI is InChI=1S/C18H17N5OS3/c1-2-24-15-5-3-12(4-6-15)16-21-22-18(23(16)19)27-11-14-10-26-17(20-14)13-7-8-25-9-13/h3-10H,2,11,19H2,1H3. The molecule has 3 aromatic heterocycles. The average molecular weight is 416 g/mol. The number of thiazole rings is 1. The molecule has 0 radical (unpaired) electrons. The highest BCUT2D eigenvalue weighted by atomic mass is 32.2. The topological polar surface area (TPSA) is 78.9 Å². The van der Waals surface area contributed by atoms with Gasteiger partial charge in [-0.15, -0.1) is 21.5 Å². The number of nitrogens with two attached hydrogens (primary N) is 1. The van der Waals surface area contributed by atoms with Crippen molar-refractivity contribution in [2.45, 2.75) is 17.8 Å². The Morgan fingerprint density at radius 3 is 2.70 bits per heavy atom. The lowest BCUT2D eigenvalue weighted by Crippen LogP contribution is -2.11. The molecule has 27 heavy (non-hydrogen) atoms. The molecule has 3 heterocycles. The number of ether oxygens (including phenoxy) is 1. The molecule has 0 spiro atoms. The van der Waals surface area contributed by atoms with E-state index in [9.17, 15) is 0 Å². The fourth-order valence-electron chi connectivity index (χ4n) is 2.47. The molecule has 0 atom stereocenters. The Morgan fingerprint density at radius 2 is 1.96 bits per heavy atom. The van der Waals surface area contributed by atoms with Crippen LogP contribution in [0.25, 0.3) is 22.0 Å². The quantitative estimate of drug-likeness (QED) is 0.353. The van der Waals surface area contributed by atoms with Gasteiger partial charge >= 0.3 is 0 Å². The van der Waals surface area contributed by atoms with Crippen molar-refractivity contribution in [3.05, 3.63) is 52.2 Å². The smallest absolute Gasteiger partial charge is 0.210 e.